The molecular formula is C15H21FN2O. The Balaban J connectivity index is 1.92. The molecule has 4 heteroatoms. The van der Waals surface area contributed by atoms with Gasteiger partial charge in [0.1, 0.15) is 5.82 Å². The van der Waals surface area contributed by atoms with Gasteiger partial charge >= 0.3 is 0 Å². The number of carbonyl (C=O) groups is 1. The van der Waals surface area contributed by atoms with Gasteiger partial charge in [-0.1, -0.05) is 19.1 Å². The van der Waals surface area contributed by atoms with E-state index in [9.17, 15) is 9.18 Å². The van der Waals surface area contributed by atoms with Crippen LogP contribution in [0.1, 0.15) is 31.2 Å². The highest BCUT2D eigenvalue weighted by Crippen LogP contribution is 2.23. The molecule has 2 atom stereocenters. The normalized spacial score (nSPS) is 20.6. The summed E-state index contributed by atoms with van der Waals surface area (Å²) >= 11 is 0. The van der Waals surface area contributed by atoms with Crippen molar-refractivity contribution in [2.75, 3.05) is 19.6 Å². The largest absolute Gasteiger partial charge is 0.342 e. The van der Waals surface area contributed by atoms with Gasteiger partial charge in [0.25, 0.3) is 0 Å². The molecule has 3 nitrogen and oxygen atoms in total. The molecule has 1 fully saturated rings. The van der Waals surface area contributed by atoms with Crippen LogP contribution >= 0.6 is 0 Å². The van der Waals surface area contributed by atoms with Crippen LogP contribution in [0.4, 0.5) is 4.39 Å². The van der Waals surface area contributed by atoms with Gasteiger partial charge in [-0.25, -0.2) is 4.39 Å². The molecule has 1 aliphatic rings. The van der Waals surface area contributed by atoms with E-state index in [2.05, 4.69) is 0 Å². The molecule has 1 amide bonds. The molecule has 19 heavy (non-hydrogen) atoms. The quantitative estimate of drug-likeness (QED) is 0.905. The van der Waals surface area contributed by atoms with Crippen molar-refractivity contribution in [1.82, 2.24) is 4.90 Å². The van der Waals surface area contributed by atoms with E-state index in [4.69, 9.17) is 5.73 Å². The first kappa shape index (κ1) is 14.0. The van der Waals surface area contributed by atoms with Crippen molar-refractivity contribution >= 4 is 5.91 Å². The average Bonchev–Trinajstić information content (AvgIpc) is 2.87. The number of carbonyl (C=O) groups excluding carboxylic acids is 1. The van der Waals surface area contributed by atoms with Crippen molar-refractivity contribution in [3.8, 4) is 0 Å². The van der Waals surface area contributed by atoms with Crippen LogP contribution in [0, 0.1) is 11.7 Å². The minimum Gasteiger partial charge on any atom is -0.342 e. The summed E-state index contributed by atoms with van der Waals surface area (Å²) in [7, 11) is 0. The molecule has 0 aliphatic carbocycles. The van der Waals surface area contributed by atoms with Gasteiger partial charge < -0.3 is 10.6 Å². The predicted octanol–water partition coefficient (Wildman–Crippen LogP) is 2.13. The Hall–Kier alpha value is -1.42. The second-order valence-electron chi connectivity index (χ2n) is 5.39. The zero-order valence-electron chi connectivity index (χ0n) is 11.3. The minimum absolute atomic E-state index is 0.0418. The number of nitrogens with two attached hydrogens (primary N) is 1. The first-order valence-corrected chi connectivity index (χ1v) is 6.83. The lowest BCUT2D eigenvalue weighted by atomic mass is 9.97. The fraction of sp³-hybridized carbons (Fsp3) is 0.533. The van der Waals surface area contributed by atoms with Crippen LogP contribution in [-0.4, -0.2) is 30.4 Å². The molecule has 2 unspecified atom stereocenters. The van der Waals surface area contributed by atoms with Crippen molar-refractivity contribution in [3.63, 3.8) is 0 Å². The molecule has 1 aliphatic heterocycles. The van der Waals surface area contributed by atoms with Gasteiger partial charge in [-0.3, -0.25) is 4.79 Å². The third-order valence-electron chi connectivity index (χ3n) is 3.87. The van der Waals surface area contributed by atoms with Gasteiger partial charge in [0.15, 0.2) is 0 Å². The number of nitrogens with zero attached hydrogens (tertiary/aromatic N) is 1. The minimum atomic E-state index is -0.249. The monoisotopic (exact) mass is 264 g/mol. The van der Waals surface area contributed by atoms with Crippen LogP contribution in [0.3, 0.4) is 0 Å². The van der Waals surface area contributed by atoms with Crippen LogP contribution in [0.5, 0.6) is 0 Å². The van der Waals surface area contributed by atoms with Crippen molar-refractivity contribution in [3.05, 3.63) is 35.6 Å². The SMILES string of the molecule is CC(CC(=O)N1CCC(CN)C1)c1cccc(F)c1. The zero-order valence-corrected chi connectivity index (χ0v) is 11.3. The molecule has 1 aromatic carbocycles. The van der Waals surface area contributed by atoms with Gasteiger partial charge in [0.2, 0.25) is 5.91 Å². The van der Waals surface area contributed by atoms with E-state index in [1.807, 2.05) is 17.9 Å². The van der Waals surface area contributed by atoms with Crippen molar-refractivity contribution in [2.45, 2.75) is 25.7 Å². The molecular weight excluding hydrogens is 243 g/mol. The Labute approximate surface area is 113 Å². The standard InChI is InChI=1S/C15H21FN2O/c1-11(13-3-2-4-14(16)8-13)7-15(19)18-6-5-12(9-17)10-18/h2-4,8,11-12H,5-7,9-10,17H2,1H3. The van der Waals surface area contributed by atoms with Crippen LogP contribution in [0.25, 0.3) is 0 Å². The number of benzene rings is 1. The van der Waals surface area contributed by atoms with E-state index in [0.717, 1.165) is 25.1 Å². The Bertz CT molecular complexity index is 450. The topological polar surface area (TPSA) is 46.3 Å². The summed E-state index contributed by atoms with van der Waals surface area (Å²) in [6.45, 7) is 4.17. The number of likely N-dealkylation sites (tertiary alicyclic amines) is 1. The number of hydrogen-bond acceptors (Lipinski definition) is 2. The molecule has 0 radical (unpaired) electrons. The molecule has 1 saturated heterocycles. The fourth-order valence-electron chi connectivity index (χ4n) is 2.57. The summed E-state index contributed by atoms with van der Waals surface area (Å²) in [6.07, 6.45) is 1.43. The van der Waals surface area contributed by atoms with E-state index >= 15 is 0 Å². The van der Waals surface area contributed by atoms with Crippen molar-refractivity contribution in [1.29, 1.82) is 0 Å². The molecule has 104 valence electrons. The molecule has 2 N–H and O–H groups in total. The van der Waals surface area contributed by atoms with Gasteiger partial charge in [0, 0.05) is 19.5 Å². The summed E-state index contributed by atoms with van der Waals surface area (Å²) in [5.74, 6) is 0.377. The number of rotatable bonds is 4. The van der Waals surface area contributed by atoms with Crippen LogP contribution in [0.15, 0.2) is 24.3 Å². The lowest BCUT2D eigenvalue weighted by Gasteiger charge is -2.19. The Morgan fingerprint density at radius 1 is 1.58 bits per heavy atom. The smallest absolute Gasteiger partial charge is 0.223 e. The number of amides is 1. The lowest BCUT2D eigenvalue weighted by Crippen LogP contribution is -2.30. The molecule has 0 aromatic heterocycles. The highest BCUT2D eigenvalue weighted by molar-refractivity contribution is 5.77. The molecule has 1 aromatic rings. The summed E-state index contributed by atoms with van der Waals surface area (Å²) < 4.78 is 13.2. The zero-order chi connectivity index (χ0) is 13.8. The van der Waals surface area contributed by atoms with Gasteiger partial charge in [-0.05, 0) is 42.5 Å². The molecule has 0 spiro atoms. The summed E-state index contributed by atoms with van der Waals surface area (Å²) in [6, 6.07) is 6.48. The van der Waals surface area contributed by atoms with E-state index in [-0.39, 0.29) is 17.6 Å². The van der Waals surface area contributed by atoms with Crippen molar-refractivity contribution in [2.24, 2.45) is 11.7 Å². The van der Waals surface area contributed by atoms with E-state index < -0.39 is 0 Å². The summed E-state index contributed by atoms with van der Waals surface area (Å²) in [4.78, 5) is 14.0. The molecule has 0 bridgehead atoms. The highest BCUT2D eigenvalue weighted by Gasteiger charge is 2.26. The predicted molar refractivity (Wildman–Crippen MR) is 73.2 cm³/mol. The number of hydrogen-bond donors (Lipinski definition) is 1. The number of halogens is 1. The maximum absolute atomic E-state index is 13.2. The van der Waals surface area contributed by atoms with Crippen LogP contribution < -0.4 is 5.73 Å². The second kappa shape index (κ2) is 6.15. The maximum atomic E-state index is 13.2. The maximum Gasteiger partial charge on any atom is 0.223 e. The van der Waals surface area contributed by atoms with E-state index in [1.165, 1.54) is 12.1 Å². The Morgan fingerprint density at radius 3 is 3.00 bits per heavy atom. The van der Waals surface area contributed by atoms with Crippen LogP contribution in [0.2, 0.25) is 0 Å². The molecule has 1 heterocycles. The third kappa shape index (κ3) is 3.53. The molecule has 0 saturated carbocycles. The third-order valence-corrected chi connectivity index (χ3v) is 3.87. The average molecular weight is 264 g/mol. The van der Waals surface area contributed by atoms with Gasteiger partial charge in [0.05, 0.1) is 0 Å². The first-order valence-electron chi connectivity index (χ1n) is 6.83. The Kier molecular flexibility index (Phi) is 4.53. The Morgan fingerprint density at radius 2 is 2.37 bits per heavy atom. The summed E-state index contributed by atoms with van der Waals surface area (Å²) in [5, 5.41) is 0. The lowest BCUT2D eigenvalue weighted by molar-refractivity contribution is -0.130. The van der Waals surface area contributed by atoms with E-state index in [1.54, 1.807) is 6.07 Å². The van der Waals surface area contributed by atoms with Crippen LogP contribution in [-0.2, 0) is 4.79 Å². The fourth-order valence-corrected chi connectivity index (χ4v) is 2.57. The summed E-state index contributed by atoms with van der Waals surface area (Å²) in [5.41, 5.74) is 6.50. The van der Waals surface area contributed by atoms with Gasteiger partial charge in [-0.15, -0.1) is 0 Å². The molecule has 2 rings (SSSR count). The van der Waals surface area contributed by atoms with E-state index in [0.29, 0.717) is 18.9 Å². The highest BCUT2D eigenvalue weighted by atomic mass is 19.1. The second-order valence-corrected chi connectivity index (χ2v) is 5.39. The van der Waals surface area contributed by atoms with Gasteiger partial charge in [-0.2, -0.15) is 0 Å². The first-order chi connectivity index (χ1) is 9.10. The van der Waals surface area contributed by atoms with Crippen molar-refractivity contribution < 1.29 is 9.18 Å².